The van der Waals surface area contributed by atoms with Gasteiger partial charge in [-0.3, -0.25) is 4.90 Å². The third-order valence-electron chi connectivity index (χ3n) is 2.44. The van der Waals surface area contributed by atoms with E-state index in [1.54, 1.807) is 11.3 Å². The molecule has 0 aliphatic heterocycles. The Morgan fingerprint density at radius 1 is 1.64 bits per heavy atom. The third kappa shape index (κ3) is 3.04. The minimum atomic E-state index is 0.469. The van der Waals surface area contributed by atoms with Crippen LogP contribution in [0.5, 0.6) is 0 Å². The Labute approximate surface area is 89.9 Å². The lowest BCUT2D eigenvalue weighted by molar-refractivity contribution is 0.230. The molecule has 0 radical (unpaired) electrons. The van der Waals surface area contributed by atoms with E-state index in [0.29, 0.717) is 6.04 Å². The maximum absolute atomic E-state index is 5.68. The van der Waals surface area contributed by atoms with Crippen LogP contribution < -0.4 is 5.73 Å². The van der Waals surface area contributed by atoms with E-state index in [2.05, 4.69) is 29.2 Å². The molecule has 1 atom stereocenters. The second kappa shape index (κ2) is 5.44. The monoisotopic (exact) mass is 213 g/mol. The predicted octanol–water partition coefficient (Wildman–Crippen LogP) is 1.62. The van der Waals surface area contributed by atoms with Crippen molar-refractivity contribution in [2.24, 2.45) is 5.73 Å². The summed E-state index contributed by atoms with van der Waals surface area (Å²) in [6, 6.07) is 0.469. The largest absolute Gasteiger partial charge is 0.329 e. The third-order valence-corrected chi connectivity index (χ3v) is 3.27. The molecule has 0 saturated heterocycles. The molecule has 2 N–H and O–H groups in total. The molecule has 4 heteroatoms. The van der Waals surface area contributed by atoms with Crippen molar-refractivity contribution in [1.29, 1.82) is 0 Å². The summed E-state index contributed by atoms with van der Waals surface area (Å²) in [7, 11) is 2.11. The molecule has 0 bridgehead atoms. The van der Waals surface area contributed by atoms with Crippen LogP contribution >= 0.6 is 11.3 Å². The Morgan fingerprint density at radius 2 is 2.36 bits per heavy atom. The first-order valence-corrected chi connectivity index (χ1v) is 5.86. The average Bonchev–Trinajstić information content (AvgIpc) is 2.53. The first kappa shape index (κ1) is 11.6. The minimum Gasteiger partial charge on any atom is -0.329 e. The van der Waals surface area contributed by atoms with Crippen molar-refractivity contribution >= 4 is 11.3 Å². The van der Waals surface area contributed by atoms with Gasteiger partial charge in [-0.1, -0.05) is 6.92 Å². The second-order valence-corrected chi connectivity index (χ2v) is 4.63. The summed E-state index contributed by atoms with van der Waals surface area (Å²) >= 11 is 1.70. The van der Waals surface area contributed by atoms with Crippen molar-refractivity contribution in [2.75, 3.05) is 13.6 Å². The number of nitrogens with zero attached hydrogens (tertiary/aromatic N) is 2. The second-order valence-electron chi connectivity index (χ2n) is 3.57. The van der Waals surface area contributed by atoms with E-state index in [1.807, 2.05) is 6.92 Å². The van der Waals surface area contributed by atoms with E-state index >= 15 is 0 Å². The van der Waals surface area contributed by atoms with Gasteiger partial charge in [-0.25, -0.2) is 4.98 Å². The first-order chi connectivity index (χ1) is 6.67. The van der Waals surface area contributed by atoms with Gasteiger partial charge in [0.15, 0.2) is 0 Å². The highest BCUT2D eigenvalue weighted by Crippen LogP contribution is 2.11. The number of aromatic nitrogens is 1. The summed E-state index contributed by atoms with van der Waals surface area (Å²) in [5.74, 6) is 0. The molecule has 0 saturated carbocycles. The number of rotatable bonds is 5. The summed E-state index contributed by atoms with van der Waals surface area (Å²) in [4.78, 5) is 6.71. The van der Waals surface area contributed by atoms with Gasteiger partial charge in [0.1, 0.15) is 0 Å². The van der Waals surface area contributed by atoms with Crippen LogP contribution in [0.15, 0.2) is 5.38 Å². The number of thiazole rings is 1. The van der Waals surface area contributed by atoms with Crippen molar-refractivity contribution < 1.29 is 0 Å². The van der Waals surface area contributed by atoms with Gasteiger partial charge in [-0.05, 0) is 20.4 Å². The normalized spacial score (nSPS) is 13.5. The topological polar surface area (TPSA) is 42.1 Å². The summed E-state index contributed by atoms with van der Waals surface area (Å²) in [5, 5.41) is 3.25. The number of likely N-dealkylation sites (N-methyl/N-ethyl adjacent to an activating group) is 1. The van der Waals surface area contributed by atoms with Gasteiger partial charge in [-0.15, -0.1) is 11.3 Å². The molecule has 0 spiro atoms. The Morgan fingerprint density at radius 3 is 2.79 bits per heavy atom. The fraction of sp³-hybridized carbons (Fsp3) is 0.700. The van der Waals surface area contributed by atoms with E-state index < -0.39 is 0 Å². The highest BCUT2D eigenvalue weighted by atomic mass is 32.1. The van der Waals surface area contributed by atoms with Gasteiger partial charge in [0.05, 0.1) is 10.7 Å². The molecule has 14 heavy (non-hydrogen) atoms. The van der Waals surface area contributed by atoms with E-state index in [9.17, 15) is 0 Å². The Hall–Kier alpha value is -0.450. The van der Waals surface area contributed by atoms with Gasteiger partial charge >= 0.3 is 0 Å². The smallest absolute Gasteiger partial charge is 0.0897 e. The Bertz CT molecular complexity index is 268. The van der Waals surface area contributed by atoms with Crippen molar-refractivity contribution in [3.05, 3.63) is 16.1 Å². The molecule has 0 aliphatic carbocycles. The highest BCUT2D eigenvalue weighted by Gasteiger charge is 2.11. The van der Waals surface area contributed by atoms with E-state index in [-0.39, 0.29) is 0 Å². The van der Waals surface area contributed by atoms with Gasteiger partial charge in [-0.2, -0.15) is 0 Å². The zero-order valence-corrected chi connectivity index (χ0v) is 9.97. The van der Waals surface area contributed by atoms with Crippen LogP contribution in [0.4, 0.5) is 0 Å². The standard InChI is InChI=1S/C10H19N3S/c1-4-10(5-11)13(3)6-9-7-14-8(2)12-9/h7,10H,4-6,11H2,1-3H3. The molecule has 3 nitrogen and oxygen atoms in total. The highest BCUT2D eigenvalue weighted by molar-refractivity contribution is 7.09. The van der Waals surface area contributed by atoms with Crippen LogP contribution in [0.1, 0.15) is 24.0 Å². The number of hydrogen-bond acceptors (Lipinski definition) is 4. The molecule has 1 heterocycles. The molecule has 0 amide bonds. The van der Waals surface area contributed by atoms with Crippen molar-refractivity contribution in [2.45, 2.75) is 32.9 Å². The predicted molar refractivity (Wildman–Crippen MR) is 61.5 cm³/mol. The molecule has 80 valence electrons. The van der Waals surface area contributed by atoms with Crippen LogP contribution in [0.25, 0.3) is 0 Å². The molecule has 0 aromatic carbocycles. The average molecular weight is 213 g/mol. The fourth-order valence-electron chi connectivity index (χ4n) is 1.52. The lowest BCUT2D eigenvalue weighted by Gasteiger charge is -2.24. The van der Waals surface area contributed by atoms with Crippen LogP contribution in [0.2, 0.25) is 0 Å². The summed E-state index contributed by atoms with van der Waals surface area (Å²) < 4.78 is 0. The number of aryl methyl sites for hydroxylation is 1. The summed E-state index contributed by atoms with van der Waals surface area (Å²) in [5.41, 5.74) is 6.84. The Kier molecular flexibility index (Phi) is 4.51. The van der Waals surface area contributed by atoms with Crippen molar-refractivity contribution in [3.8, 4) is 0 Å². The van der Waals surface area contributed by atoms with Gasteiger partial charge in [0, 0.05) is 24.5 Å². The zero-order valence-electron chi connectivity index (χ0n) is 9.16. The van der Waals surface area contributed by atoms with E-state index in [1.165, 1.54) is 0 Å². The fourth-order valence-corrected chi connectivity index (χ4v) is 2.13. The number of nitrogens with two attached hydrogens (primary N) is 1. The Balaban J connectivity index is 2.51. The maximum atomic E-state index is 5.68. The summed E-state index contributed by atoms with van der Waals surface area (Å²) in [6.45, 7) is 5.82. The van der Waals surface area contributed by atoms with Crippen LogP contribution in [0, 0.1) is 6.92 Å². The maximum Gasteiger partial charge on any atom is 0.0897 e. The molecule has 0 fully saturated rings. The van der Waals surface area contributed by atoms with E-state index in [4.69, 9.17) is 5.73 Å². The van der Waals surface area contributed by atoms with Gasteiger partial charge < -0.3 is 5.73 Å². The van der Waals surface area contributed by atoms with E-state index in [0.717, 1.165) is 30.2 Å². The lowest BCUT2D eigenvalue weighted by Crippen LogP contribution is -2.36. The minimum absolute atomic E-state index is 0.469. The van der Waals surface area contributed by atoms with Crippen molar-refractivity contribution in [3.63, 3.8) is 0 Å². The number of hydrogen-bond donors (Lipinski definition) is 1. The van der Waals surface area contributed by atoms with Gasteiger partial charge in [0.2, 0.25) is 0 Å². The molecule has 0 aliphatic rings. The molecular formula is C10H19N3S. The molecule has 1 aromatic heterocycles. The van der Waals surface area contributed by atoms with Gasteiger partial charge in [0.25, 0.3) is 0 Å². The SMILES string of the molecule is CCC(CN)N(C)Cc1csc(C)n1. The molecular weight excluding hydrogens is 194 g/mol. The van der Waals surface area contributed by atoms with Crippen LogP contribution in [0.3, 0.4) is 0 Å². The lowest BCUT2D eigenvalue weighted by atomic mass is 10.2. The quantitative estimate of drug-likeness (QED) is 0.808. The molecule has 1 rings (SSSR count). The molecule has 1 aromatic rings. The zero-order chi connectivity index (χ0) is 10.6. The van der Waals surface area contributed by atoms with Crippen LogP contribution in [-0.4, -0.2) is 29.5 Å². The molecule has 1 unspecified atom stereocenters. The van der Waals surface area contributed by atoms with Crippen molar-refractivity contribution in [1.82, 2.24) is 9.88 Å². The van der Waals surface area contributed by atoms with Crippen LogP contribution in [-0.2, 0) is 6.54 Å². The first-order valence-electron chi connectivity index (χ1n) is 4.98. The summed E-state index contributed by atoms with van der Waals surface area (Å²) in [6.07, 6.45) is 1.09.